The predicted octanol–water partition coefficient (Wildman–Crippen LogP) is 2.88. The molecule has 1 aromatic rings. The summed E-state index contributed by atoms with van der Waals surface area (Å²) in [6, 6.07) is 7.21. The predicted molar refractivity (Wildman–Crippen MR) is 90.5 cm³/mol. The summed E-state index contributed by atoms with van der Waals surface area (Å²) in [6.07, 6.45) is 2.59. The molecule has 0 radical (unpaired) electrons. The van der Waals surface area contributed by atoms with Gasteiger partial charge in [-0.3, -0.25) is 4.79 Å². The molecule has 0 aliphatic heterocycles. The molecule has 0 unspecified atom stereocenters. The van der Waals surface area contributed by atoms with Crippen LogP contribution in [0.15, 0.2) is 24.3 Å². The molecule has 0 saturated heterocycles. The molecule has 0 amide bonds. The molecule has 0 aromatic heterocycles. The van der Waals surface area contributed by atoms with Crippen LogP contribution >= 0.6 is 0 Å². The topological polar surface area (TPSA) is 64.6 Å². The van der Waals surface area contributed by atoms with E-state index < -0.39 is 15.7 Å². The minimum atomic E-state index is -1.29. The van der Waals surface area contributed by atoms with Gasteiger partial charge in [0.05, 0.1) is 41.4 Å². The first-order valence-electron chi connectivity index (χ1n) is 7.81. The SMILES string of the molecule is COC(=O)C[C@H](N[S@](=O)C(C)(C)C)c1cccc(OC2CC2)c1. The minimum absolute atomic E-state index is 0.116. The van der Waals surface area contributed by atoms with Gasteiger partial charge in [-0.15, -0.1) is 0 Å². The van der Waals surface area contributed by atoms with Gasteiger partial charge in [0.15, 0.2) is 0 Å². The lowest BCUT2D eigenvalue weighted by Crippen LogP contribution is -2.36. The Morgan fingerprint density at radius 3 is 2.65 bits per heavy atom. The molecular weight excluding hydrogens is 314 g/mol. The van der Waals surface area contributed by atoms with Gasteiger partial charge >= 0.3 is 5.97 Å². The normalized spacial score (nSPS) is 17.4. The number of rotatable bonds is 7. The van der Waals surface area contributed by atoms with Crippen molar-refractivity contribution in [2.75, 3.05) is 7.11 Å². The average molecular weight is 339 g/mol. The van der Waals surface area contributed by atoms with Gasteiger partial charge in [-0.25, -0.2) is 8.93 Å². The Hall–Kier alpha value is -1.40. The maximum atomic E-state index is 12.4. The molecule has 2 atom stereocenters. The second kappa shape index (κ2) is 7.45. The average Bonchev–Trinajstić information content (AvgIpc) is 3.29. The highest BCUT2D eigenvalue weighted by molar-refractivity contribution is 7.84. The summed E-state index contributed by atoms with van der Waals surface area (Å²) in [5, 5.41) is 0. The zero-order chi connectivity index (χ0) is 17.0. The molecule has 6 heteroatoms. The first kappa shape index (κ1) is 17.9. The van der Waals surface area contributed by atoms with Crippen molar-refractivity contribution in [2.24, 2.45) is 0 Å². The molecule has 1 saturated carbocycles. The van der Waals surface area contributed by atoms with Crippen LogP contribution in [0.25, 0.3) is 0 Å². The summed E-state index contributed by atoms with van der Waals surface area (Å²) in [5.74, 6) is 0.435. The van der Waals surface area contributed by atoms with Crippen LogP contribution in [0.2, 0.25) is 0 Å². The molecule has 1 aliphatic rings. The standard InChI is InChI=1S/C17H25NO4S/c1-17(2,3)23(20)18-15(11-16(19)21-4)12-6-5-7-14(10-12)22-13-8-9-13/h5-7,10,13,15,18H,8-9,11H2,1-4H3/t15-,23+/m0/s1. The van der Waals surface area contributed by atoms with E-state index in [9.17, 15) is 9.00 Å². The maximum absolute atomic E-state index is 12.4. The highest BCUT2D eigenvalue weighted by Crippen LogP contribution is 2.29. The Balaban J connectivity index is 2.17. The molecule has 23 heavy (non-hydrogen) atoms. The van der Waals surface area contributed by atoms with Crippen molar-refractivity contribution in [2.45, 2.75) is 56.9 Å². The molecule has 5 nitrogen and oxygen atoms in total. The van der Waals surface area contributed by atoms with Crippen molar-refractivity contribution in [1.82, 2.24) is 4.72 Å². The van der Waals surface area contributed by atoms with Crippen LogP contribution in [0.3, 0.4) is 0 Å². The van der Waals surface area contributed by atoms with E-state index >= 15 is 0 Å². The Kier molecular flexibility index (Phi) is 5.81. The van der Waals surface area contributed by atoms with Gasteiger partial charge < -0.3 is 9.47 Å². The van der Waals surface area contributed by atoms with Gasteiger partial charge in [-0.1, -0.05) is 12.1 Å². The van der Waals surface area contributed by atoms with Gasteiger partial charge in [0.2, 0.25) is 0 Å². The largest absolute Gasteiger partial charge is 0.490 e. The fraction of sp³-hybridized carbons (Fsp3) is 0.588. The van der Waals surface area contributed by atoms with Gasteiger partial charge in [-0.05, 0) is 51.3 Å². The van der Waals surface area contributed by atoms with Gasteiger partial charge in [0.25, 0.3) is 0 Å². The van der Waals surface area contributed by atoms with Gasteiger partial charge in [0.1, 0.15) is 5.75 Å². The lowest BCUT2D eigenvalue weighted by atomic mass is 10.0. The van der Waals surface area contributed by atoms with E-state index in [1.54, 1.807) is 0 Å². The molecule has 0 heterocycles. The summed E-state index contributed by atoms with van der Waals surface area (Å²) in [4.78, 5) is 11.7. The summed E-state index contributed by atoms with van der Waals surface area (Å²) in [5.41, 5.74) is 0.867. The van der Waals surface area contributed by atoms with Gasteiger partial charge in [0, 0.05) is 0 Å². The highest BCUT2D eigenvalue weighted by Gasteiger charge is 2.27. The summed E-state index contributed by atoms with van der Waals surface area (Å²) in [6.45, 7) is 5.66. The first-order valence-corrected chi connectivity index (χ1v) is 8.96. The van der Waals surface area contributed by atoms with Crippen molar-refractivity contribution in [3.05, 3.63) is 29.8 Å². The minimum Gasteiger partial charge on any atom is -0.490 e. The van der Waals surface area contributed by atoms with Crippen molar-refractivity contribution < 1.29 is 18.5 Å². The smallest absolute Gasteiger partial charge is 0.307 e. The number of ether oxygens (including phenoxy) is 2. The Bertz CT molecular complexity index is 578. The van der Waals surface area contributed by atoms with Crippen molar-refractivity contribution in [3.8, 4) is 5.75 Å². The quantitative estimate of drug-likeness (QED) is 0.776. The molecular formula is C17H25NO4S. The van der Waals surface area contributed by atoms with E-state index in [1.807, 2.05) is 45.0 Å². The second-order valence-corrected chi connectivity index (χ2v) is 8.72. The number of benzene rings is 1. The zero-order valence-corrected chi connectivity index (χ0v) is 14.9. The third kappa shape index (κ3) is 5.62. The molecule has 1 fully saturated rings. The molecule has 2 rings (SSSR count). The third-order valence-electron chi connectivity index (χ3n) is 3.49. The lowest BCUT2D eigenvalue weighted by Gasteiger charge is -2.24. The van der Waals surface area contributed by atoms with Crippen LogP contribution in [0.1, 0.15) is 51.6 Å². The Morgan fingerprint density at radius 1 is 1.39 bits per heavy atom. The van der Waals surface area contributed by atoms with E-state index in [0.717, 1.165) is 24.2 Å². The lowest BCUT2D eigenvalue weighted by molar-refractivity contribution is -0.141. The number of nitrogens with one attached hydrogen (secondary N) is 1. The van der Waals surface area contributed by atoms with E-state index in [2.05, 4.69) is 4.72 Å². The van der Waals surface area contributed by atoms with Crippen molar-refractivity contribution in [3.63, 3.8) is 0 Å². The summed E-state index contributed by atoms with van der Waals surface area (Å²) < 4.78 is 25.6. The number of methoxy groups -OCH3 is 1. The maximum Gasteiger partial charge on any atom is 0.307 e. The molecule has 128 valence electrons. The van der Waals surface area contributed by atoms with Gasteiger partial charge in [-0.2, -0.15) is 0 Å². The van der Waals surface area contributed by atoms with Crippen LogP contribution in [-0.4, -0.2) is 28.1 Å². The molecule has 1 aliphatic carbocycles. The summed E-state index contributed by atoms with van der Waals surface area (Å²) >= 11 is 0. The number of hydrogen-bond acceptors (Lipinski definition) is 4. The Labute approximate surface area is 140 Å². The van der Waals surface area contributed by atoms with Crippen LogP contribution in [0, 0.1) is 0 Å². The van der Waals surface area contributed by atoms with Crippen LogP contribution in [0.5, 0.6) is 5.75 Å². The van der Waals surface area contributed by atoms with Crippen LogP contribution in [0.4, 0.5) is 0 Å². The van der Waals surface area contributed by atoms with E-state index in [1.165, 1.54) is 7.11 Å². The van der Waals surface area contributed by atoms with Crippen molar-refractivity contribution >= 4 is 17.0 Å². The van der Waals surface area contributed by atoms with E-state index in [4.69, 9.17) is 9.47 Å². The van der Waals surface area contributed by atoms with E-state index in [0.29, 0.717) is 6.10 Å². The molecule has 0 spiro atoms. The number of hydrogen-bond donors (Lipinski definition) is 1. The second-order valence-electron chi connectivity index (χ2n) is 6.72. The fourth-order valence-electron chi connectivity index (χ4n) is 1.97. The zero-order valence-electron chi connectivity index (χ0n) is 14.1. The molecule has 1 aromatic carbocycles. The summed E-state index contributed by atoms with van der Waals surface area (Å²) in [7, 11) is 0.0640. The highest BCUT2D eigenvalue weighted by atomic mass is 32.2. The van der Waals surface area contributed by atoms with E-state index in [-0.39, 0.29) is 18.4 Å². The monoisotopic (exact) mass is 339 g/mol. The number of carbonyl (C=O) groups is 1. The Morgan fingerprint density at radius 2 is 2.09 bits per heavy atom. The number of carbonyl (C=O) groups excluding carboxylic acids is 1. The molecule has 1 N–H and O–H groups in total. The third-order valence-corrected chi connectivity index (χ3v) is 5.10. The number of esters is 1. The van der Waals surface area contributed by atoms with Crippen LogP contribution < -0.4 is 9.46 Å². The first-order chi connectivity index (χ1) is 10.8. The molecule has 0 bridgehead atoms. The van der Waals surface area contributed by atoms with Crippen LogP contribution in [-0.2, 0) is 20.5 Å². The fourth-order valence-corrected chi connectivity index (χ4v) is 2.80. The van der Waals surface area contributed by atoms with Crippen molar-refractivity contribution in [1.29, 1.82) is 0 Å².